The van der Waals surface area contributed by atoms with Gasteiger partial charge in [0.15, 0.2) is 0 Å². The van der Waals surface area contributed by atoms with Gasteiger partial charge in [0.05, 0.1) is 17.9 Å². The molecule has 3 rings (SSSR count). The van der Waals surface area contributed by atoms with Crippen LogP contribution in [0.15, 0.2) is 18.2 Å². The van der Waals surface area contributed by atoms with Crippen LogP contribution in [0.4, 0.5) is 11.4 Å². The Balaban J connectivity index is 1.86. The Hall–Kier alpha value is -2.90. The maximum absolute atomic E-state index is 12.7. The van der Waals surface area contributed by atoms with E-state index in [0.29, 0.717) is 18.7 Å². The number of esters is 1. The molecule has 8 nitrogen and oxygen atoms in total. The fourth-order valence-electron chi connectivity index (χ4n) is 2.94. The van der Waals surface area contributed by atoms with Gasteiger partial charge in [0.25, 0.3) is 5.91 Å². The first-order chi connectivity index (χ1) is 11.5. The van der Waals surface area contributed by atoms with E-state index in [4.69, 9.17) is 0 Å². The van der Waals surface area contributed by atoms with Crippen LogP contribution in [0.2, 0.25) is 0 Å². The third kappa shape index (κ3) is 2.82. The Labute approximate surface area is 138 Å². The molecule has 0 saturated carbocycles. The normalized spacial score (nSPS) is 19.0. The lowest BCUT2D eigenvalue weighted by atomic mass is 10.1. The topological polar surface area (TPSA) is 105 Å². The second kappa shape index (κ2) is 6.31. The van der Waals surface area contributed by atoms with E-state index < -0.39 is 17.9 Å². The number of hydrogen-bond acceptors (Lipinski definition) is 5. The van der Waals surface area contributed by atoms with Crippen LogP contribution >= 0.6 is 0 Å². The molecule has 0 bridgehead atoms. The molecule has 1 aromatic carbocycles. The van der Waals surface area contributed by atoms with Crippen molar-refractivity contribution >= 4 is 35.1 Å². The van der Waals surface area contributed by atoms with Gasteiger partial charge in [-0.1, -0.05) is 0 Å². The number of nitrogens with zero attached hydrogens (tertiary/aromatic N) is 1. The van der Waals surface area contributed by atoms with Crippen LogP contribution in [-0.4, -0.2) is 47.8 Å². The number of hydrogen-bond donors (Lipinski definition) is 2. The van der Waals surface area contributed by atoms with E-state index >= 15 is 0 Å². The van der Waals surface area contributed by atoms with Crippen molar-refractivity contribution in [1.29, 1.82) is 0 Å². The summed E-state index contributed by atoms with van der Waals surface area (Å²) < 4.78 is 4.62. The lowest BCUT2D eigenvalue weighted by Crippen LogP contribution is -2.40. The minimum absolute atomic E-state index is 0.0946. The average Bonchev–Trinajstić information content (AvgIpc) is 3.02. The first-order valence-corrected chi connectivity index (χ1v) is 7.75. The highest BCUT2D eigenvalue weighted by atomic mass is 16.5. The summed E-state index contributed by atoms with van der Waals surface area (Å²) >= 11 is 0. The predicted molar refractivity (Wildman–Crippen MR) is 84.4 cm³/mol. The summed E-state index contributed by atoms with van der Waals surface area (Å²) in [5.74, 6) is -2.38. The predicted octanol–water partition coefficient (Wildman–Crippen LogP) is 0.745. The van der Waals surface area contributed by atoms with Crippen LogP contribution in [0.3, 0.4) is 0 Å². The molecule has 1 fully saturated rings. The molecule has 2 heterocycles. The first kappa shape index (κ1) is 16.0. The van der Waals surface area contributed by atoms with E-state index in [1.807, 2.05) is 0 Å². The van der Waals surface area contributed by atoms with Gasteiger partial charge < -0.3 is 20.3 Å². The van der Waals surface area contributed by atoms with E-state index in [9.17, 15) is 19.2 Å². The van der Waals surface area contributed by atoms with Crippen LogP contribution in [0.5, 0.6) is 0 Å². The molecular formula is C16H17N3O5. The number of amides is 3. The number of carbonyl (C=O) groups excluding carboxylic acids is 4. The van der Waals surface area contributed by atoms with Gasteiger partial charge in [-0.3, -0.25) is 14.4 Å². The summed E-state index contributed by atoms with van der Waals surface area (Å²) in [6.07, 6.45) is 1.41. The zero-order valence-corrected chi connectivity index (χ0v) is 13.1. The lowest BCUT2D eigenvalue weighted by molar-refractivity contribution is -0.152. The average molecular weight is 331 g/mol. The lowest BCUT2D eigenvalue weighted by Gasteiger charge is -2.20. The van der Waals surface area contributed by atoms with Crippen molar-refractivity contribution < 1.29 is 23.9 Å². The number of fused-ring (bicyclic) bond motifs is 2. The van der Waals surface area contributed by atoms with Gasteiger partial charge in [-0.2, -0.15) is 0 Å². The van der Waals surface area contributed by atoms with Gasteiger partial charge >= 0.3 is 11.9 Å². The summed E-state index contributed by atoms with van der Waals surface area (Å²) in [6.45, 7) is 2.22. The molecule has 0 spiro atoms. The van der Waals surface area contributed by atoms with Crippen molar-refractivity contribution in [3.63, 3.8) is 0 Å². The minimum atomic E-state index is -0.994. The van der Waals surface area contributed by atoms with Crippen molar-refractivity contribution in [1.82, 2.24) is 4.90 Å². The Morgan fingerprint density at radius 1 is 1.38 bits per heavy atom. The molecule has 1 saturated heterocycles. The van der Waals surface area contributed by atoms with Crippen molar-refractivity contribution in [2.24, 2.45) is 0 Å². The molecule has 0 radical (unpaired) electrons. The number of carbonyl (C=O) groups is 4. The van der Waals surface area contributed by atoms with Gasteiger partial charge in [-0.25, -0.2) is 4.79 Å². The van der Waals surface area contributed by atoms with Gasteiger partial charge in [0.2, 0.25) is 5.91 Å². The van der Waals surface area contributed by atoms with Crippen LogP contribution in [0.25, 0.3) is 0 Å². The zero-order chi connectivity index (χ0) is 17.3. The molecule has 8 heteroatoms. The Kier molecular flexibility index (Phi) is 4.20. The standard InChI is InChI=1S/C16H17N3O5/c1-2-24-16(23)14(21)17-9-5-6-11-10(8-9)15(22)19-7-3-4-12(19)13(20)18-11/h5-6,8,12H,2-4,7H2,1H3,(H,17,21)(H,18,20)/t12-/m1/s1. The number of rotatable bonds is 2. The second-order valence-electron chi connectivity index (χ2n) is 5.58. The van der Waals surface area contributed by atoms with Crippen molar-refractivity contribution in [3.8, 4) is 0 Å². The fraction of sp³-hybridized carbons (Fsp3) is 0.375. The second-order valence-corrected chi connectivity index (χ2v) is 5.58. The van der Waals surface area contributed by atoms with Crippen LogP contribution in [0.1, 0.15) is 30.1 Å². The van der Waals surface area contributed by atoms with Crippen molar-refractivity contribution in [2.45, 2.75) is 25.8 Å². The van der Waals surface area contributed by atoms with E-state index in [-0.39, 0.29) is 29.7 Å². The van der Waals surface area contributed by atoms with Crippen LogP contribution in [0, 0.1) is 0 Å². The number of benzene rings is 1. The molecule has 126 valence electrons. The third-order valence-corrected chi connectivity index (χ3v) is 4.04. The molecule has 3 amide bonds. The molecule has 1 atom stereocenters. The Morgan fingerprint density at radius 2 is 2.17 bits per heavy atom. The fourth-order valence-corrected chi connectivity index (χ4v) is 2.94. The van der Waals surface area contributed by atoms with E-state index in [0.717, 1.165) is 6.42 Å². The van der Waals surface area contributed by atoms with Crippen LogP contribution < -0.4 is 10.6 Å². The summed E-state index contributed by atoms with van der Waals surface area (Å²) in [7, 11) is 0. The van der Waals surface area contributed by atoms with E-state index in [1.165, 1.54) is 23.1 Å². The molecule has 2 N–H and O–H groups in total. The van der Waals surface area contributed by atoms with Crippen LogP contribution in [-0.2, 0) is 19.1 Å². The van der Waals surface area contributed by atoms with E-state index in [1.54, 1.807) is 6.92 Å². The maximum atomic E-state index is 12.7. The number of nitrogens with one attached hydrogen (secondary N) is 2. The largest absolute Gasteiger partial charge is 0.459 e. The van der Waals surface area contributed by atoms with Gasteiger partial charge in [-0.05, 0) is 38.0 Å². The van der Waals surface area contributed by atoms with Crippen molar-refractivity contribution in [2.75, 3.05) is 23.8 Å². The monoisotopic (exact) mass is 331 g/mol. The van der Waals surface area contributed by atoms with Gasteiger partial charge in [-0.15, -0.1) is 0 Å². The first-order valence-electron chi connectivity index (χ1n) is 7.75. The van der Waals surface area contributed by atoms with Crippen molar-refractivity contribution in [3.05, 3.63) is 23.8 Å². The quantitative estimate of drug-likeness (QED) is 0.614. The number of ether oxygens (including phenoxy) is 1. The summed E-state index contributed by atoms with van der Waals surface area (Å²) in [4.78, 5) is 49.5. The Bertz CT molecular complexity index is 730. The molecule has 2 aliphatic heterocycles. The van der Waals surface area contributed by atoms with Gasteiger partial charge in [0.1, 0.15) is 6.04 Å². The smallest absolute Gasteiger partial charge is 0.397 e. The highest BCUT2D eigenvalue weighted by Gasteiger charge is 2.38. The Morgan fingerprint density at radius 3 is 2.92 bits per heavy atom. The maximum Gasteiger partial charge on any atom is 0.397 e. The highest BCUT2D eigenvalue weighted by Crippen LogP contribution is 2.30. The molecule has 24 heavy (non-hydrogen) atoms. The molecule has 0 aromatic heterocycles. The molecule has 2 aliphatic rings. The molecule has 1 aromatic rings. The molecule has 0 aliphatic carbocycles. The third-order valence-electron chi connectivity index (χ3n) is 4.04. The zero-order valence-electron chi connectivity index (χ0n) is 13.1. The summed E-state index contributed by atoms with van der Waals surface area (Å²) in [6, 6.07) is 4.05. The molecular weight excluding hydrogens is 314 g/mol. The van der Waals surface area contributed by atoms with E-state index in [2.05, 4.69) is 15.4 Å². The number of anilines is 2. The molecule has 0 unspecified atom stereocenters. The SMILES string of the molecule is CCOC(=O)C(=O)Nc1ccc2c(c1)C(=O)N1CCC[C@@H]1C(=O)N2. The summed E-state index contributed by atoms with van der Waals surface area (Å²) in [5, 5.41) is 5.13. The minimum Gasteiger partial charge on any atom is -0.459 e. The van der Waals surface area contributed by atoms with Gasteiger partial charge in [0, 0.05) is 12.2 Å². The highest BCUT2D eigenvalue weighted by molar-refractivity contribution is 6.37. The summed E-state index contributed by atoms with van der Waals surface area (Å²) in [5.41, 5.74) is 0.968.